The van der Waals surface area contributed by atoms with Crippen molar-refractivity contribution < 1.29 is 44.2 Å². The van der Waals surface area contributed by atoms with Crippen LogP contribution in [0.25, 0.3) is 0 Å². The Bertz CT molecular complexity index is 819. The Kier molecular flexibility index (Phi) is 13.9. The Morgan fingerprint density at radius 3 is 2.28 bits per heavy atom. The Morgan fingerprint density at radius 1 is 1.00 bits per heavy atom. The van der Waals surface area contributed by atoms with E-state index in [9.17, 15) is 30.0 Å². The number of carbonyl (C=O) groups excluding carboxylic acids is 2. The van der Waals surface area contributed by atoms with Gasteiger partial charge in [-0.25, -0.2) is 0 Å². The lowest BCUT2D eigenvalue weighted by atomic mass is 9.83. The maximum Gasteiger partial charge on any atom is 0.185 e. The predicted molar refractivity (Wildman–Crippen MR) is 146 cm³/mol. The number of aliphatic hydroxyl groups is 4. The maximum atomic E-state index is 12.8. The molecule has 0 bridgehead atoms. The lowest BCUT2D eigenvalue weighted by Gasteiger charge is -2.46. The molecule has 0 aromatic heterocycles. The first kappa shape index (κ1) is 33.7. The summed E-state index contributed by atoms with van der Waals surface area (Å²) >= 11 is 0. The molecule has 1 saturated heterocycles. The molecule has 10 nitrogen and oxygen atoms in total. The van der Waals surface area contributed by atoms with Crippen LogP contribution in [0.1, 0.15) is 52.9 Å². The third-order valence-corrected chi connectivity index (χ3v) is 7.75. The highest BCUT2D eigenvalue weighted by molar-refractivity contribution is 5.79. The first-order chi connectivity index (χ1) is 18.4. The summed E-state index contributed by atoms with van der Waals surface area (Å²) < 4.78 is 18.0. The summed E-state index contributed by atoms with van der Waals surface area (Å²) in [5, 5.41) is 43.2. The third-order valence-electron chi connectivity index (χ3n) is 7.75. The van der Waals surface area contributed by atoms with Crippen molar-refractivity contribution in [3.63, 3.8) is 0 Å². The summed E-state index contributed by atoms with van der Waals surface area (Å²) in [6.07, 6.45) is 1.14. The number of nitrogens with zero attached hydrogens (tertiary/aromatic N) is 1. The van der Waals surface area contributed by atoms with E-state index in [2.05, 4.69) is 0 Å². The van der Waals surface area contributed by atoms with Crippen LogP contribution >= 0.6 is 0 Å². The second kappa shape index (κ2) is 16.1. The number of likely N-dealkylation sites (N-methyl/N-ethyl adjacent to an activating group) is 1. The Hall–Kier alpha value is -1.50. The molecule has 1 unspecified atom stereocenters. The highest BCUT2D eigenvalue weighted by atomic mass is 16.7. The van der Waals surface area contributed by atoms with Crippen molar-refractivity contribution >= 4 is 12.1 Å². The summed E-state index contributed by atoms with van der Waals surface area (Å²) in [4.78, 5) is 26.3. The zero-order valence-corrected chi connectivity index (χ0v) is 24.1. The van der Waals surface area contributed by atoms with Gasteiger partial charge in [0.05, 0.1) is 36.6 Å². The summed E-state index contributed by atoms with van der Waals surface area (Å²) in [6.45, 7) is 5.54. The molecule has 1 heterocycles. The highest BCUT2D eigenvalue weighted by Crippen LogP contribution is 2.32. The average molecular weight is 556 g/mol. The number of ether oxygens (including phenoxy) is 3. The van der Waals surface area contributed by atoms with E-state index in [4.69, 9.17) is 14.2 Å². The number of allylic oxidation sites excluding steroid dienone is 3. The van der Waals surface area contributed by atoms with Gasteiger partial charge in [-0.05, 0) is 51.6 Å². The largest absolute Gasteiger partial charge is 0.390 e. The van der Waals surface area contributed by atoms with E-state index < -0.39 is 61.0 Å². The van der Waals surface area contributed by atoms with E-state index in [1.165, 1.54) is 7.11 Å². The lowest BCUT2D eigenvalue weighted by molar-refractivity contribution is -0.309. The van der Waals surface area contributed by atoms with Crippen molar-refractivity contribution in [2.24, 2.45) is 17.8 Å². The molecule has 0 spiro atoms. The minimum atomic E-state index is -1.24. The van der Waals surface area contributed by atoms with Gasteiger partial charge in [-0.3, -0.25) is 4.79 Å². The van der Waals surface area contributed by atoms with Crippen LogP contribution in [0.15, 0.2) is 24.3 Å². The van der Waals surface area contributed by atoms with E-state index in [1.807, 2.05) is 26.0 Å². The van der Waals surface area contributed by atoms with Crippen molar-refractivity contribution in [3.8, 4) is 0 Å². The van der Waals surface area contributed by atoms with Gasteiger partial charge in [0.1, 0.15) is 24.3 Å². The van der Waals surface area contributed by atoms with Gasteiger partial charge >= 0.3 is 0 Å². The van der Waals surface area contributed by atoms with Crippen LogP contribution in [0, 0.1) is 17.8 Å². The molecular weight excluding hydrogens is 506 g/mol. The van der Waals surface area contributed by atoms with E-state index in [-0.39, 0.29) is 36.9 Å². The van der Waals surface area contributed by atoms with Crippen LogP contribution in [-0.4, -0.2) is 114 Å². The molecule has 4 N–H and O–H groups in total. The number of ketones is 1. The number of aldehydes is 1. The molecule has 2 rings (SSSR count). The Morgan fingerprint density at radius 2 is 1.67 bits per heavy atom. The monoisotopic (exact) mass is 555 g/mol. The molecule has 0 amide bonds. The molecular formula is C29H49NO9. The van der Waals surface area contributed by atoms with E-state index in [0.29, 0.717) is 12.8 Å². The minimum Gasteiger partial charge on any atom is -0.390 e. The van der Waals surface area contributed by atoms with E-state index >= 15 is 0 Å². The smallest absolute Gasteiger partial charge is 0.185 e. The fourth-order valence-electron chi connectivity index (χ4n) is 5.74. The van der Waals surface area contributed by atoms with Gasteiger partial charge in [0, 0.05) is 26.4 Å². The van der Waals surface area contributed by atoms with Gasteiger partial charge in [-0.15, -0.1) is 0 Å². The molecule has 0 aromatic rings. The second-order valence-corrected chi connectivity index (χ2v) is 11.5. The van der Waals surface area contributed by atoms with Crippen molar-refractivity contribution in [1.29, 1.82) is 0 Å². The number of carbonyl (C=O) groups is 2. The van der Waals surface area contributed by atoms with Gasteiger partial charge in [0.25, 0.3) is 0 Å². The van der Waals surface area contributed by atoms with Crippen LogP contribution in [0.5, 0.6) is 0 Å². The molecule has 12 atom stereocenters. The van der Waals surface area contributed by atoms with Gasteiger partial charge in [0.15, 0.2) is 6.29 Å². The number of Topliss-reactive ketones (excluding diaryl/α,β-unsaturated/α-hetero) is 1. The van der Waals surface area contributed by atoms with Crippen LogP contribution in [-0.2, 0) is 23.8 Å². The third kappa shape index (κ3) is 9.82. The average Bonchev–Trinajstić information content (AvgIpc) is 2.83. The summed E-state index contributed by atoms with van der Waals surface area (Å²) in [5.74, 6) is -0.747. The van der Waals surface area contributed by atoms with Gasteiger partial charge in [-0.2, -0.15) is 0 Å². The zero-order chi connectivity index (χ0) is 29.3. The predicted octanol–water partition coefficient (Wildman–Crippen LogP) is 1.24. The first-order valence-electron chi connectivity index (χ1n) is 13.9. The second-order valence-electron chi connectivity index (χ2n) is 11.5. The van der Waals surface area contributed by atoms with Crippen molar-refractivity contribution in [2.45, 2.75) is 108 Å². The molecule has 0 saturated carbocycles. The number of aliphatic hydroxyl groups excluding tert-OH is 4. The molecule has 0 aromatic carbocycles. The quantitative estimate of drug-likeness (QED) is 0.353. The summed E-state index contributed by atoms with van der Waals surface area (Å²) in [7, 11) is 4.89. The summed E-state index contributed by atoms with van der Waals surface area (Å²) in [5.41, 5.74) is 0. The maximum absolute atomic E-state index is 12.8. The molecule has 39 heavy (non-hydrogen) atoms. The van der Waals surface area contributed by atoms with Crippen molar-refractivity contribution in [3.05, 3.63) is 24.3 Å². The van der Waals surface area contributed by atoms with Crippen LogP contribution in [0.4, 0.5) is 0 Å². The fourth-order valence-corrected chi connectivity index (χ4v) is 5.74. The first-order valence-corrected chi connectivity index (χ1v) is 13.9. The molecule has 1 aliphatic carbocycles. The van der Waals surface area contributed by atoms with Crippen molar-refractivity contribution in [2.75, 3.05) is 21.2 Å². The minimum absolute atomic E-state index is 0.0154. The molecule has 0 radical (unpaired) electrons. The number of rotatable bonds is 6. The Balaban J connectivity index is 2.46. The topological polar surface area (TPSA) is 146 Å². The Labute approximate surface area is 232 Å². The number of hydrogen-bond donors (Lipinski definition) is 4. The fraction of sp³-hybridized carbons (Fsp3) is 0.793. The molecule has 1 aliphatic heterocycles. The van der Waals surface area contributed by atoms with E-state index in [0.717, 1.165) is 6.29 Å². The highest BCUT2D eigenvalue weighted by Gasteiger charge is 2.47. The number of hydrogen-bond acceptors (Lipinski definition) is 10. The lowest BCUT2D eigenvalue weighted by Crippen LogP contribution is -2.63. The van der Waals surface area contributed by atoms with Gasteiger partial charge in [0.2, 0.25) is 0 Å². The van der Waals surface area contributed by atoms with Crippen LogP contribution < -0.4 is 0 Å². The van der Waals surface area contributed by atoms with E-state index in [1.54, 1.807) is 38.1 Å². The molecule has 1 fully saturated rings. The van der Waals surface area contributed by atoms with Gasteiger partial charge in [-0.1, -0.05) is 38.2 Å². The van der Waals surface area contributed by atoms with Crippen molar-refractivity contribution in [1.82, 2.24) is 4.90 Å². The standard InChI is InChI=1S/C29H49NO9/c1-17-9-7-8-10-21(32)14-18(2)15-22(33)16-23(34)28(37-6)27(20(13-17)11-12-31)39-29-26(36)24(30(4)5)25(35)19(3)38-29/h7-10,12,17-21,23-29,32,34-36H,11,13-16H2,1-6H3/b9-7-,10-8+/t17-,18+,19+,20-,21+,23+,24-,25+,26+,27?,28-,29-/m0/s1. The summed E-state index contributed by atoms with van der Waals surface area (Å²) in [6, 6.07) is -0.674. The molecule has 224 valence electrons. The SMILES string of the molecule is CO[C@@H]1C(O[C@@H]2O[C@H](C)[C@@H](O)[C@H](N(C)C)[C@H]2O)[C@@H](CC=O)C[C@@H](C)/C=C\C=C\[C@@H](O)C[C@@H](C)CC(=O)C[C@H]1O. The molecule has 2 aliphatic rings. The van der Waals surface area contributed by atoms with Crippen LogP contribution in [0.3, 0.4) is 0 Å². The molecule has 10 heteroatoms. The normalized spacial score (nSPS) is 43.2. The van der Waals surface area contributed by atoms with Crippen LogP contribution in [0.2, 0.25) is 0 Å². The number of methoxy groups -OCH3 is 1. The zero-order valence-electron chi connectivity index (χ0n) is 24.1. The van der Waals surface area contributed by atoms with Gasteiger partial charge < -0.3 is 44.3 Å².